The summed E-state index contributed by atoms with van der Waals surface area (Å²) < 4.78 is 5.87. The second-order valence-corrected chi connectivity index (χ2v) is 4.98. The van der Waals surface area contributed by atoms with Crippen LogP contribution in [0.15, 0.2) is 29.2 Å². The summed E-state index contributed by atoms with van der Waals surface area (Å²) in [5, 5.41) is 2.75. The van der Waals surface area contributed by atoms with Gasteiger partial charge in [0.15, 0.2) is 0 Å². The Morgan fingerprint density at radius 3 is 3.22 bits per heavy atom. The highest BCUT2D eigenvalue weighted by Gasteiger charge is 2.19. The number of benzene rings is 1. The Morgan fingerprint density at radius 2 is 2.39 bits per heavy atom. The fourth-order valence-electron chi connectivity index (χ4n) is 1.71. The highest BCUT2D eigenvalue weighted by atomic mass is 32.2. The van der Waals surface area contributed by atoms with E-state index in [2.05, 4.69) is 23.2 Å². The van der Waals surface area contributed by atoms with Gasteiger partial charge in [-0.2, -0.15) is 0 Å². The first-order chi connectivity index (χ1) is 8.79. The molecule has 0 bridgehead atoms. The minimum absolute atomic E-state index is 0.153. The van der Waals surface area contributed by atoms with Crippen LogP contribution in [-0.4, -0.2) is 24.3 Å². The van der Waals surface area contributed by atoms with Crippen LogP contribution in [-0.2, 0) is 4.79 Å². The molecule has 1 aliphatic heterocycles. The molecule has 0 fully saturated rings. The largest absolute Gasteiger partial charge is 0.488 e. The van der Waals surface area contributed by atoms with E-state index in [0.717, 1.165) is 17.9 Å². The maximum Gasteiger partial charge on any atom is 0.295 e. The summed E-state index contributed by atoms with van der Waals surface area (Å²) in [4.78, 5) is 12.3. The van der Waals surface area contributed by atoms with Gasteiger partial charge in [-0.3, -0.25) is 4.79 Å². The van der Waals surface area contributed by atoms with E-state index in [1.807, 2.05) is 18.2 Å². The highest BCUT2D eigenvalue weighted by molar-refractivity contribution is 7.99. The lowest BCUT2D eigenvalue weighted by Gasteiger charge is -2.25. The Labute approximate surface area is 111 Å². The zero-order chi connectivity index (χ0) is 12.8. The van der Waals surface area contributed by atoms with Gasteiger partial charge in [0.05, 0.1) is 0 Å². The van der Waals surface area contributed by atoms with E-state index >= 15 is 0 Å². The summed E-state index contributed by atoms with van der Waals surface area (Å²) >= 11 is 1.80. The van der Waals surface area contributed by atoms with E-state index in [1.165, 1.54) is 4.90 Å². The summed E-state index contributed by atoms with van der Waals surface area (Å²) in [5.74, 6) is 6.67. The maximum absolute atomic E-state index is 11.2. The first-order valence-corrected chi connectivity index (χ1v) is 6.87. The molecule has 1 aromatic carbocycles. The van der Waals surface area contributed by atoms with Crippen molar-refractivity contribution in [2.45, 2.75) is 24.3 Å². The molecule has 0 aromatic heterocycles. The lowest BCUT2D eigenvalue weighted by atomic mass is 10.2. The van der Waals surface area contributed by atoms with Crippen molar-refractivity contribution in [3.63, 3.8) is 0 Å². The average Bonchev–Trinajstić information content (AvgIpc) is 2.39. The number of amides is 1. The van der Waals surface area contributed by atoms with Crippen LogP contribution in [0.3, 0.4) is 0 Å². The van der Waals surface area contributed by atoms with Crippen LogP contribution >= 0.6 is 11.8 Å². The zero-order valence-corrected chi connectivity index (χ0v) is 11.0. The van der Waals surface area contributed by atoms with Crippen LogP contribution in [0.5, 0.6) is 5.75 Å². The number of fused-ring (bicyclic) bond motifs is 1. The molecule has 1 aromatic rings. The molecule has 0 saturated carbocycles. The number of carbonyl (C=O) groups is 1. The standard InChI is InChI=1S/C14H15NO2S/c1-2-5-14(16)15-9-8-11-10-18-13-7-4-3-6-12(13)17-11/h3-4,6-7,11H,8-10H2,1H3,(H,15,16). The van der Waals surface area contributed by atoms with Gasteiger partial charge in [-0.05, 0) is 25.0 Å². The average molecular weight is 261 g/mol. The second kappa shape index (κ2) is 6.36. The van der Waals surface area contributed by atoms with Crippen LogP contribution in [0, 0.1) is 11.8 Å². The van der Waals surface area contributed by atoms with Gasteiger partial charge in [0.25, 0.3) is 5.91 Å². The number of rotatable bonds is 3. The summed E-state index contributed by atoms with van der Waals surface area (Å²) in [5.41, 5.74) is 0. The number of ether oxygens (including phenoxy) is 1. The number of nitrogens with one attached hydrogen (secondary N) is 1. The Morgan fingerprint density at radius 1 is 1.56 bits per heavy atom. The fraction of sp³-hybridized carbons (Fsp3) is 0.357. The van der Waals surface area contributed by atoms with Crippen molar-refractivity contribution in [3.05, 3.63) is 24.3 Å². The van der Waals surface area contributed by atoms with Gasteiger partial charge in [-0.1, -0.05) is 18.1 Å². The van der Waals surface area contributed by atoms with E-state index < -0.39 is 0 Å². The molecular formula is C14H15NO2S. The molecule has 1 atom stereocenters. The topological polar surface area (TPSA) is 38.3 Å². The number of thioether (sulfide) groups is 1. The molecule has 1 aliphatic rings. The Bertz CT molecular complexity index is 490. The minimum Gasteiger partial charge on any atom is -0.488 e. The van der Waals surface area contributed by atoms with Gasteiger partial charge >= 0.3 is 0 Å². The van der Waals surface area contributed by atoms with Gasteiger partial charge in [-0.15, -0.1) is 11.8 Å². The summed E-state index contributed by atoms with van der Waals surface area (Å²) in [6.07, 6.45) is 0.957. The second-order valence-electron chi connectivity index (χ2n) is 3.92. The molecular weight excluding hydrogens is 246 g/mol. The van der Waals surface area contributed by atoms with Gasteiger partial charge in [0, 0.05) is 23.6 Å². The normalized spacial score (nSPS) is 16.8. The molecule has 1 N–H and O–H groups in total. The summed E-state index contributed by atoms with van der Waals surface area (Å²) in [7, 11) is 0. The van der Waals surface area contributed by atoms with E-state index in [4.69, 9.17) is 4.74 Å². The predicted molar refractivity (Wildman–Crippen MR) is 72.7 cm³/mol. The van der Waals surface area contributed by atoms with Crippen molar-refractivity contribution in [2.24, 2.45) is 0 Å². The SMILES string of the molecule is CC#CC(=O)NCCC1CSc2ccccc2O1. The van der Waals surface area contributed by atoms with E-state index in [-0.39, 0.29) is 12.0 Å². The molecule has 3 nitrogen and oxygen atoms in total. The van der Waals surface area contributed by atoms with E-state index in [1.54, 1.807) is 18.7 Å². The molecule has 94 valence electrons. The fourth-order valence-corrected chi connectivity index (χ4v) is 2.74. The molecule has 4 heteroatoms. The molecule has 18 heavy (non-hydrogen) atoms. The van der Waals surface area contributed by atoms with Crippen molar-refractivity contribution in [1.29, 1.82) is 0 Å². The van der Waals surface area contributed by atoms with Crippen molar-refractivity contribution >= 4 is 17.7 Å². The van der Waals surface area contributed by atoms with Crippen molar-refractivity contribution in [3.8, 4) is 17.6 Å². The lowest BCUT2D eigenvalue weighted by Crippen LogP contribution is -2.30. The smallest absolute Gasteiger partial charge is 0.295 e. The molecule has 1 heterocycles. The van der Waals surface area contributed by atoms with Crippen LogP contribution < -0.4 is 10.1 Å². The van der Waals surface area contributed by atoms with E-state index in [0.29, 0.717) is 6.54 Å². The third-order valence-corrected chi connectivity index (χ3v) is 3.74. The molecule has 0 aliphatic carbocycles. The molecule has 2 rings (SSSR count). The van der Waals surface area contributed by atoms with Crippen LogP contribution in [0.25, 0.3) is 0 Å². The first-order valence-electron chi connectivity index (χ1n) is 5.88. The minimum atomic E-state index is -0.221. The molecule has 1 unspecified atom stereocenters. The number of para-hydroxylation sites is 1. The number of hydrogen-bond donors (Lipinski definition) is 1. The lowest BCUT2D eigenvalue weighted by molar-refractivity contribution is -0.115. The van der Waals surface area contributed by atoms with Crippen LogP contribution in [0.4, 0.5) is 0 Å². The number of hydrogen-bond acceptors (Lipinski definition) is 3. The van der Waals surface area contributed by atoms with Crippen LogP contribution in [0.2, 0.25) is 0 Å². The van der Waals surface area contributed by atoms with Gasteiger partial charge < -0.3 is 10.1 Å². The zero-order valence-electron chi connectivity index (χ0n) is 10.2. The molecule has 0 saturated heterocycles. The monoisotopic (exact) mass is 261 g/mol. The Kier molecular flexibility index (Phi) is 4.54. The van der Waals surface area contributed by atoms with Crippen molar-refractivity contribution in [1.82, 2.24) is 5.32 Å². The van der Waals surface area contributed by atoms with Crippen molar-refractivity contribution in [2.75, 3.05) is 12.3 Å². The Hall–Kier alpha value is -1.60. The third kappa shape index (κ3) is 3.44. The quantitative estimate of drug-likeness (QED) is 0.847. The Balaban J connectivity index is 1.79. The van der Waals surface area contributed by atoms with E-state index in [9.17, 15) is 4.79 Å². The number of carbonyl (C=O) groups excluding carboxylic acids is 1. The predicted octanol–water partition coefficient (Wildman–Crippen LogP) is 2.07. The van der Waals surface area contributed by atoms with Gasteiger partial charge in [0.1, 0.15) is 11.9 Å². The molecule has 0 spiro atoms. The molecule has 0 radical (unpaired) electrons. The molecule has 1 amide bonds. The van der Waals surface area contributed by atoms with Crippen molar-refractivity contribution < 1.29 is 9.53 Å². The van der Waals surface area contributed by atoms with Gasteiger partial charge in [-0.25, -0.2) is 0 Å². The summed E-state index contributed by atoms with van der Waals surface area (Å²) in [6, 6.07) is 8.03. The third-order valence-electron chi connectivity index (χ3n) is 2.56. The highest BCUT2D eigenvalue weighted by Crippen LogP contribution is 2.35. The van der Waals surface area contributed by atoms with Crippen LogP contribution in [0.1, 0.15) is 13.3 Å². The first kappa shape index (κ1) is 12.8. The maximum atomic E-state index is 11.2. The summed E-state index contributed by atoms with van der Waals surface area (Å²) in [6.45, 7) is 2.25. The van der Waals surface area contributed by atoms with Gasteiger partial charge in [0.2, 0.25) is 0 Å².